The molecular weight excluding hydrogens is 322 g/mol. The van der Waals surface area contributed by atoms with E-state index in [4.69, 9.17) is 0 Å². The molecule has 5 nitrogen and oxygen atoms in total. The van der Waals surface area contributed by atoms with Gasteiger partial charge in [0.25, 0.3) is 5.56 Å². The van der Waals surface area contributed by atoms with Crippen LogP contribution in [0.25, 0.3) is 0 Å². The standard InChI is InChI=1S/C18H23N3O2S/c1-5-7-14-10-17(23)20-18(19-14)24-11-16(22)15-9-12(3)21(8-6-2)13(15)4/h6,9-10H,2,5,7-8,11H2,1,3-4H3,(H,19,20,23). The minimum atomic E-state index is -0.174. The van der Waals surface area contributed by atoms with Gasteiger partial charge in [-0.25, -0.2) is 4.98 Å². The molecule has 24 heavy (non-hydrogen) atoms. The maximum Gasteiger partial charge on any atom is 0.251 e. The Balaban J connectivity index is 2.12. The zero-order valence-corrected chi connectivity index (χ0v) is 15.2. The molecule has 0 bridgehead atoms. The van der Waals surface area contributed by atoms with Crippen molar-refractivity contribution in [2.75, 3.05) is 5.75 Å². The first kappa shape index (κ1) is 18.3. The first-order valence-corrected chi connectivity index (χ1v) is 8.98. The van der Waals surface area contributed by atoms with E-state index in [2.05, 4.69) is 21.1 Å². The molecule has 0 radical (unpaired) electrons. The summed E-state index contributed by atoms with van der Waals surface area (Å²) in [5.41, 5.74) is 3.29. The third kappa shape index (κ3) is 4.26. The summed E-state index contributed by atoms with van der Waals surface area (Å²) in [6.45, 7) is 10.4. The average molecular weight is 345 g/mol. The van der Waals surface area contributed by atoms with Gasteiger partial charge in [0.1, 0.15) is 0 Å². The summed E-state index contributed by atoms with van der Waals surface area (Å²) >= 11 is 1.27. The highest BCUT2D eigenvalue weighted by Gasteiger charge is 2.16. The van der Waals surface area contributed by atoms with Crippen LogP contribution in [0.5, 0.6) is 0 Å². The number of hydrogen-bond donors (Lipinski definition) is 1. The number of rotatable bonds is 8. The number of aromatic amines is 1. The number of aromatic nitrogens is 3. The maximum absolute atomic E-state index is 12.5. The van der Waals surface area contributed by atoms with Gasteiger partial charge in [0.05, 0.1) is 5.75 Å². The third-order valence-electron chi connectivity index (χ3n) is 3.80. The minimum Gasteiger partial charge on any atom is -0.345 e. The average Bonchev–Trinajstić information content (AvgIpc) is 2.81. The summed E-state index contributed by atoms with van der Waals surface area (Å²) in [5, 5.41) is 0.499. The molecule has 0 aliphatic rings. The van der Waals surface area contributed by atoms with Gasteiger partial charge in [-0.2, -0.15) is 0 Å². The second-order valence-corrected chi connectivity index (χ2v) is 6.65. The van der Waals surface area contributed by atoms with E-state index in [9.17, 15) is 9.59 Å². The van der Waals surface area contributed by atoms with Gasteiger partial charge >= 0.3 is 0 Å². The fraction of sp³-hybridized carbons (Fsp3) is 0.389. The second kappa shape index (κ2) is 8.15. The van der Waals surface area contributed by atoms with Crippen molar-refractivity contribution in [3.63, 3.8) is 0 Å². The van der Waals surface area contributed by atoms with Gasteiger partial charge in [0.15, 0.2) is 10.9 Å². The molecule has 0 aliphatic heterocycles. The highest BCUT2D eigenvalue weighted by atomic mass is 32.2. The van der Waals surface area contributed by atoms with Gasteiger partial charge in [0, 0.05) is 35.3 Å². The van der Waals surface area contributed by atoms with Crippen LogP contribution in [0.2, 0.25) is 0 Å². The largest absolute Gasteiger partial charge is 0.345 e. The summed E-state index contributed by atoms with van der Waals surface area (Å²) in [6, 6.07) is 3.42. The fourth-order valence-electron chi connectivity index (χ4n) is 2.64. The van der Waals surface area contributed by atoms with E-state index < -0.39 is 0 Å². The number of carbonyl (C=O) groups excluding carboxylic acids is 1. The lowest BCUT2D eigenvalue weighted by Gasteiger charge is -2.06. The smallest absolute Gasteiger partial charge is 0.251 e. The first-order valence-electron chi connectivity index (χ1n) is 8.00. The number of aryl methyl sites for hydroxylation is 2. The minimum absolute atomic E-state index is 0.0342. The van der Waals surface area contributed by atoms with Crippen LogP contribution in [-0.2, 0) is 13.0 Å². The monoisotopic (exact) mass is 345 g/mol. The van der Waals surface area contributed by atoms with Crippen LogP contribution in [0.4, 0.5) is 0 Å². The van der Waals surface area contributed by atoms with E-state index in [0.717, 1.165) is 29.9 Å². The third-order valence-corrected chi connectivity index (χ3v) is 4.68. The zero-order valence-electron chi connectivity index (χ0n) is 14.4. The number of nitrogens with zero attached hydrogens (tertiary/aromatic N) is 2. The van der Waals surface area contributed by atoms with Crippen molar-refractivity contribution in [1.29, 1.82) is 0 Å². The molecule has 6 heteroatoms. The van der Waals surface area contributed by atoms with Crippen LogP contribution in [-0.4, -0.2) is 26.1 Å². The Morgan fingerprint density at radius 3 is 2.83 bits per heavy atom. The Kier molecular flexibility index (Phi) is 6.20. The van der Waals surface area contributed by atoms with Gasteiger partial charge in [-0.3, -0.25) is 9.59 Å². The molecule has 2 rings (SSSR count). The Morgan fingerprint density at radius 2 is 2.17 bits per heavy atom. The van der Waals surface area contributed by atoms with Crippen LogP contribution in [0, 0.1) is 13.8 Å². The number of ketones is 1. The number of nitrogens with one attached hydrogen (secondary N) is 1. The van der Waals surface area contributed by atoms with Crippen molar-refractivity contribution >= 4 is 17.5 Å². The summed E-state index contributed by atoms with van der Waals surface area (Å²) in [5.74, 6) is 0.281. The molecule has 2 aromatic rings. The molecule has 0 unspecified atom stereocenters. The van der Waals surface area contributed by atoms with Crippen molar-refractivity contribution in [2.24, 2.45) is 0 Å². The molecule has 0 spiro atoms. The number of thioether (sulfide) groups is 1. The summed E-state index contributed by atoms with van der Waals surface area (Å²) in [4.78, 5) is 31.3. The molecule has 2 heterocycles. The Hall–Kier alpha value is -2.08. The zero-order chi connectivity index (χ0) is 17.7. The van der Waals surface area contributed by atoms with Crippen molar-refractivity contribution in [3.8, 4) is 0 Å². The van der Waals surface area contributed by atoms with E-state index in [-0.39, 0.29) is 17.1 Å². The first-order chi connectivity index (χ1) is 11.5. The summed E-state index contributed by atoms with van der Waals surface area (Å²) < 4.78 is 2.06. The Labute approximate surface area is 146 Å². The lowest BCUT2D eigenvalue weighted by molar-refractivity contribution is 0.102. The van der Waals surface area contributed by atoms with Crippen LogP contribution < -0.4 is 5.56 Å². The predicted octanol–water partition coefficient (Wildman–Crippen LogP) is 3.30. The van der Waals surface area contributed by atoms with Gasteiger partial charge in [-0.1, -0.05) is 31.2 Å². The number of Topliss-reactive ketones (excluding diaryl/α,β-unsaturated/α-hetero) is 1. The van der Waals surface area contributed by atoms with E-state index in [1.54, 1.807) is 0 Å². The molecular formula is C18H23N3O2S. The topological polar surface area (TPSA) is 67.8 Å². The molecule has 0 aliphatic carbocycles. The van der Waals surface area contributed by atoms with Crippen LogP contribution in [0.1, 0.15) is 40.8 Å². The Bertz CT molecular complexity index is 805. The molecule has 128 valence electrons. The number of carbonyl (C=O) groups is 1. The molecule has 0 aromatic carbocycles. The van der Waals surface area contributed by atoms with Crippen LogP contribution in [0.3, 0.4) is 0 Å². The van der Waals surface area contributed by atoms with Gasteiger partial charge in [-0.15, -0.1) is 6.58 Å². The highest BCUT2D eigenvalue weighted by molar-refractivity contribution is 7.99. The fourth-order valence-corrected chi connectivity index (χ4v) is 3.42. The molecule has 1 N–H and O–H groups in total. The normalized spacial score (nSPS) is 10.8. The highest BCUT2D eigenvalue weighted by Crippen LogP contribution is 2.20. The van der Waals surface area contributed by atoms with Crippen molar-refractivity contribution in [2.45, 2.75) is 45.3 Å². The summed E-state index contributed by atoms with van der Waals surface area (Å²) in [7, 11) is 0. The van der Waals surface area contributed by atoms with Crippen molar-refractivity contribution in [1.82, 2.24) is 14.5 Å². The van der Waals surface area contributed by atoms with Gasteiger partial charge in [-0.05, 0) is 26.3 Å². The van der Waals surface area contributed by atoms with E-state index in [1.165, 1.54) is 17.8 Å². The molecule has 2 aromatic heterocycles. The molecule has 0 saturated heterocycles. The van der Waals surface area contributed by atoms with E-state index in [0.29, 0.717) is 17.3 Å². The van der Waals surface area contributed by atoms with Crippen molar-refractivity contribution in [3.05, 3.63) is 57.8 Å². The second-order valence-electron chi connectivity index (χ2n) is 5.69. The predicted molar refractivity (Wildman–Crippen MR) is 98.0 cm³/mol. The number of hydrogen-bond acceptors (Lipinski definition) is 4. The summed E-state index contributed by atoms with van der Waals surface area (Å²) in [6.07, 6.45) is 3.50. The number of H-pyrrole nitrogens is 1. The quantitative estimate of drug-likeness (QED) is 0.345. The van der Waals surface area contributed by atoms with Crippen LogP contribution >= 0.6 is 11.8 Å². The lowest BCUT2D eigenvalue weighted by Crippen LogP contribution is -2.11. The molecule has 0 fully saturated rings. The van der Waals surface area contributed by atoms with Crippen molar-refractivity contribution < 1.29 is 4.79 Å². The lowest BCUT2D eigenvalue weighted by atomic mass is 10.2. The maximum atomic E-state index is 12.5. The number of allylic oxidation sites excluding steroid dienone is 1. The van der Waals surface area contributed by atoms with Gasteiger partial charge in [0.2, 0.25) is 0 Å². The molecule has 0 amide bonds. The van der Waals surface area contributed by atoms with E-state index in [1.807, 2.05) is 32.9 Å². The SMILES string of the molecule is C=CCn1c(C)cc(C(=O)CSc2nc(CCC)cc(=O)[nH]2)c1C. The van der Waals surface area contributed by atoms with E-state index >= 15 is 0 Å². The Morgan fingerprint density at radius 1 is 1.42 bits per heavy atom. The molecule has 0 atom stereocenters. The van der Waals surface area contributed by atoms with Gasteiger partial charge < -0.3 is 9.55 Å². The van der Waals surface area contributed by atoms with Crippen LogP contribution in [0.15, 0.2) is 34.7 Å². The molecule has 0 saturated carbocycles.